The maximum Gasteiger partial charge on any atom is 0.410 e. The van der Waals surface area contributed by atoms with Crippen molar-refractivity contribution < 1.29 is 14.7 Å². The molecule has 0 atom stereocenters. The van der Waals surface area contributed by atoms with Crippen molar-refractivity contribution in [3.8, 4) is 0 Å². The highest BCUT2D eigenvalue weighted by molar-refractivity contribution is 7.10. The smallest absolute Gasteiger partial charge is 0.410 e. The number of amidine groups is 1. The van der Waals surface area contributed by atoms with E-state index in [2.05, 4.69) is 101 Å². The number of carbonyl (C=O) groups is 1. The van der Waals surface area contributed by atoms with Crippen LogP contribution in [0.5, 0.6) is 0 Å². The number of ether oxygens (including phenoxy) is 1. The average molecular weight is 1160 g/mol. The van der Waals surface area contributed by atoms with Crippen molar-refractivity contribution in [3.05, 3.63) is 47.4 Å². The molecule has 77 heavy (non-hydrogen) atoms. The summed E-state index contributed by atoms with van der Waals surface area (Å²) >= 11 is 11.4. The molecule has 2 aliphatic carbocycles. The number of nitrogens with two attached hydrogens (primary N) is 1. The number of aromatic amines is 1. The van der Waals surface area contributed by atoms with E-state index in [1.807, 2.05) is 27.7 Å². The van der Waals surface area contributed by atoms with Gasteiger partial charge in [0.05, 0.1) is 0 Å². The predicted molar refractivity (Wildman–Crippen MR) is 312 cm³/mol. The normalized spacial score (nSPS) is 23.3. The number of piperidine rings is 5. The van der Waals surface area contributed by atoms with Crippen LogP contribution < -0.4 is 15.9 Å². The zero-order valence-corrected chi connectivity index (χ0v) is 51.8. The van der Waals surface area contributed by atoms with Crippen molar-refractivity contribution in [1.82, 2.24) is 62.3 Å². The molecule has 0 unspecified atom stereocenters. The van der Waals surface area contributed by atoms with Gasteiger partial charge in [0.15, 0.2) is 0 Å². The maximum absolute atomic E-state index is 11.9. The van der Waals surface area contributed by atoms with Gasteiger partial charge in [-0.3, -0.25) is 9.78 Å². The lowest BCUT2D eigenvalue weighted by Gasteiger charge is -2.38. The van der Waals surface area contributed by atoms with E-state index in [-0.39, 0.29) is 43.9 Å². The third-order valence-electron chi connectivity index (χ3n) is 17.0. The third-order valence-corrected chi connectivity index (χ3v) is 20.1. The summed E-state index contributed by atoms with van der Waals surface area (Å²) in [6.07, 6.45) is 15.5. The maximum atomic E-state index is 11.9. The van der Waals surface area contributed by atoms with Crippen LogP contribution in [0.1, 0.15) is 190 Å². The molecule has 24 heteroatoms. The summed E-state index contributed by atoms with van der Waals surface area (Å²) in [6.45, 7) is 26.6. The van der Waals surface area contributed by atoms with E-state index in [1.165, 1.54) is 86.0 Å². The Kier molecular flexibility index (Phi) is 20.8. The second-order valence-corrected chi connectivity index (χ2v) is 28.8. The van der Waals surface area contributed by atoms with Gasteiger partial charge in [0, 0.05) is 63.5 Å². The SMILES string of the molecule is CC(C)(C)OC(=O)N1CCC(C)(C(N)=NO)CC1.CC1(c2nsc(C3CC3)n2)CCNCC1.CN1CCC(C)(c2nsc(=O)[nH]2)CC1.CN1CCC(C)(c2nsc(C3CC3)n2)CC1.CN1CCC(C)(c2nsc(Cl)n2)CC1. The number of nitrogens with one attached hydrogen (secondary N) is 2. The first kappa shape index (κ1) is 61.3. The lowest BCUT2D eigenvalue weighted by molar-refractivity contribution is 0.0164. The van der Waals surface area contributed by atoms with Crippen LogP contribution >= 0.6 is 57.7 Å². The molecule has 1 amide bonds. The molecule has 7 aliphatic rings. The summed E-state index contributed by atoms with van der Waals surface area (Å²) in [7, 11) is 6.48. The summed E-state index contributed by atoms with van der Waals surface area (Å²) in [4.78, 5) is 48.2. The fourth-order valence-corrected chi connectivity index (χ4v) is 13.2. The van der Waals surface area contributed by atoms with E-state index in [4.69, 9.17) is 37.2 Å². The van der Waals surface area contributed by atoms with E-state index >= 15 is 0 Å². The summed E-state index contributed by atoms with van der Waals surface area (Å²) in [5.74, 6) is 5.76. The van der Waals surface area contributed by atoms with Crippen molar-refractivity contribution >= 4 is 69.7 Å². The Morgan fingerprint density at radius 3 is 1.43 bits per heavy atom. The number of hydrogen-bond acceptors (Lipinski definition) is 20. The standard InChI is InChI=1S/C12H23N3O3.C12H19N3S.C11H17N3S.C9H14ClN3S.C9H15N3OS/c1-11(2,3)18-10(16)15-7-5-12(4,6-8-15)9(13)14-17;1-12(5-7-15(2)8-6-12)11-13-10(16-14-11)9-3-4-9;1-11(4-6-12-7-5-11)10-13-9(15-14-10)8-2-3-8;1-9(3-5-13(2)6-4-9)7-11-8(10)14-12-7;1-9(3-5-12(2)6-4-9)7-10-8(13)14-11-7/h17H,5-8H2,1-4H3,(H2,13,14);9H,3-8H2,1-2H3;8,12H,2-7H2,1H3;3-6H2,1-2H3;3-6H2,1-2H3,(H,10,11,13). The van der Waals surface area contributed by atoms with Gasteiger partial charge >= 0.3 is 11.0 Å². The Labute approximate surface area is 478 Å². The van der Waals surface area contributed by atoms with Crippen LogP contribution in [0.4, 0.5) is 4.79 Å². The van der Waals surface area contributed by atoms with Gasteiger partial charge in [-0.05, 0) is 230 Å². The molecule has 19 nitrogen and oxygen atoms in total. The highest BCUT2D eigenvalue weighted by Gasteiger charge is 2.40. The van der Waals surface area contributed by atoms with E-state index < -0.39 is 5.60 Å². The Bertz CT molecular complexity index is 2560. The Hall–Kier alpha value is -3.29. The number of aromatic nitrogens is 8. The van der Waals surface area contributed by atoms with E-state index in [0.717, 1.165) is 112 Å². The fourth-order valence-electron chi connectivity index (χ4n) is 10.0. The molecule has 0 spiro atoms. The molecule has 0 bridgehead atoms. The minimum Gasteiger partial charge on any atom is -0.444 e. The molecule has 5 N–H and O–H groups in total. The Balaban J connectivity index is 0.000000140. The van der Waals surface area contributed by atoms with E-state index in [9.17, 15) is 9.59 Å². The number of halogens is 1. The average Bonchev–Trinajstić information content (AvgIpc) is 4.17. The summed E-state index contributed by atoms with van der Waals surface area (Å²) < 4.78 is 23.6. The number of likely N-dealkylation sites (tertiary alicyclic amines) is 4. The zero-order valence-electron chi connectivity index (χ0n) is 47.8. The van der Waals surface area contributed by atoms with Crippen molar-refractivity contribution in [2.75, 3.05) is 86.6 Å². The Morgan fingerprint density at radius 1 is 0.636 bits per heavy atom. The van der Waals surface area contributed by atoms with Gasteiger partial charge in [0.25, 0.3) is 0 Å². The largest absolute Gasteiger partial charge is 0.444 e. The van der Waals surface area contributed by atoms with Crippen molar-refractivity contribution in [1.29, 1.82) is 0 Å². The van der Waals surface area contributed by atoms with E-state index in [0.29, 0.717) is 30.4 Å². The van der Waals surface area contributed by atoms with Crippen LogP contribution in [0.25, 0.3) is 0 Å². The summed E-state index contributed by atoms with van der Waals surface area (Å²) in [5, 5.41) is 17.8. The molecule has 4 aromatic rings. The van der Waals surface area contributed by atoms with Crippen LogP contribution in [0.15, 0.2) is 9.95 Å². The molecule has 4 aromatic heterocycles. The first-order chi connectivity index (χ1) is 36.3. The molecule has 7 fully saturated rings. The van der Waals surface area contributed by atoms with Gasteiger partial charge in [-0.25, -0.2) is 19.7 Å². The molecule has 0 aromatic carbocycles. The zero-order chi connectivity index (χ0) is 55.8. The lowest BCUT2D eigenvalue weighted by Crippen LogP contribution is -2.48. The van der Waals surface area contributed by atoms with Crippen molar-refractivity contribution in [2.24, 2.45) is 16.3 Å². The van der Waals surface area contributed by atoms with Gasteiger partial charge < -0.3 is 40.6 Å². The van der Waals surface area contributed by atoms with Crippen LogP contribution in [0.2, 0.25) is 4.47 Å². The molecule has 5 aliphatic heterocycles. The summed E-state index contributed by atoms with van der Waals surface area (Å²) in [6, 6.07) is 0. The minimum atomic E-state index is -0.483. The quantitative estimate of drug-likeness (QED) is 0.0584. The molecule has 11 rings (SSSR count). The first-order valence-corrected chi connectivity index (χ1v) is 31.3. The molecule has 5 saturated heterocycles. The molecular weight excluding hydrogens is 1070 g/mol. The van der Waals surface area contributed by atoms with Crippen LogP contribution in [-0.4, -0.2) is 166 Å². The van der Waals surface area contributed by atoms with Crippen molar-refractivity contribution in [3.63, 3.8) is 0 Å². The number of carbonyl (C=O) groups excluding carboxylic acids is 1. The summed E-state index contributed by atoms with van der Waals surface area (Å²) in [5.41, 5.74) is 5.52. The number of nitrogens with zero attached hydrogens (tertiary/aromatic N) is 12. The first-order valence-electron chi connectivity index (χ1n) is 27.8. The number of hydrogen-bond donors (Lipinski definition) is 4. The van der Waals surface area contributed by atoms with Crippen molar-refractivity contribution in [2.45, 2.75) is 184 Å². The molecule has 430 valence electrons. The fraction of sp³-hybridized carbons (Fsp3) is 0.811. The highest BCUT2D eigenvalue weighted by atomic mass is 35.5. The molecule has 2 saturated carbocycles. The van der Waals surface area contributed by atoms with Gasteiger partial charge in [-0.2, -0.15) is 17.5 Å². The van der Waals surface area contributed by atoms with Gasteiger partial charge in [0.1, 0.15) is 44.7 Å². The van der Waals surface area contributed by atoms with Crippen LogP contribution in [-0.2, 0) is 26.4 Å². The van der Waals surface area contributed by atoms with Gasteiger partial charge in [-0.15, -0.1) is 0 Å². The van der Waals surface area contributed by atoms with Crippen LogP contribution in [0.3, 0.4) is 0 Å². The number of H-pyrrole nitrogens is 1. The topological polar surface area (TPSA) is 233 Å². The predicted octanol–water partition coefficient (Wildman–Crippen LogP) is 9.21. The monoisotopic (exact) mass is 1160 g/mol. The van der Waals surface area contributed by atoms with E-state index in [1.54, 1.807) is 28.0 Å². The van der Waals surface area contributed by atoms with Gasteiger partial charge in [0.2, 0.25) is 4.47 Å². The number of oxime groups is 1. The highest BCUT2D eigenvalue weighted by Crippen LogP contribution is 2.44. The second-order valence-electron chi connectivity index (χ2n) is 25.2. The van der Waals surface area contributed by atoms with Crippen LogP contribution in [0, 0.1) is 5.41 Å². The minimum absolute atomic E-state index is 0.0415. The molecular formula is C53H88ClN15O4S4. The lowest BCUT2D eigenvalue weighted by atomic mass is 9.79. The Morgan fingerprint density at radius 2 is 1.05 bits per heavy atom. The molecule has 9 heterocycles. The second kappa shape index (κ2) is 26.1. The third kappa shape index (κ3) is 17.1. The number of amides is 1. The number of rotatable bonds is 7. The van der Waals surface area contributed by atoms with Gasteiger partial charge in [-0.1, -0.05) is 39.8 Å². The molecule has 0 radical (unpaired) electrons.